The lowest BCUT2D eigenvalue weighted by molar-refractivity contribution is -0.142. The Hall–Kier alpha value is -1.88. The van der Waals surface area contributed by atoms with Gasteiger partial charge in [0.15, 0.2) is 0 Å². The van der Waals surface area contributed by atoms with E-state index in [4.69, 9.17) is 0 Å². The van der Waals surface area contributed by atoms with Crippen LogP contribution in [0.1, 0.15) is 52.4 Å². The van der Waals surface area contributed by atoms with Crippen LogP contribution in [0, 0.1) is 0 Å². The molecule has 24 heavy (non-hydrogen) atoms. The zero-order valence-electron chi connectivity index (χ0n) is 14.6. The van der Waals surface area contributed by atoms with E-state index in [-0.39, 0.29) is 18.2 Å². The molecule has 5 nitrogen and oxygen atoms in total. The lowest BCUT2D eigenvalue weighted by Gasteiger charge is -2.31. The fourth-order valence-electron chi connectivity index (χ4n) is 3.28. The second kappa shape index (κ2) is 8.29. The lowest BCUT2D eigenvalue weighted by atomic mass is 9.96. The fourth-order valence-corrected chi connectivity index (χ4v) is 3.28. The number of aliphatic hydroxyl groups is 1. The Labute approximate surface area is 144 Å². The first-order valence-corrected chi connectivity index (χ1v) is 8.83. The topological polar surface area (TPSA) is 69.6 Å². The number of hydrogen-bond donors (Lipinski definition) is 2. The predicted molar refractivity (Wildman–Crippen MR) is 94.6 cm³/mol. The van der Waals surface area contributed by atoms with Crippen LogP contribution in [-0.2, 0) is 9.59 Å². The number of para-hydroxylation sites is 1. The molecule has 2 N–H and O–H groups in total. The Balaban J connectivity index is 2.02. The van der Waals surface area contributed by atoms with Gasteiger partial charge in [0, 0.05) is 12.2 Å². The number of rotatable bonds is 7. The molecule has 1 aliphatic carbocycles. The van der Waals surface area contributed by atoms with Gasteiger partial charge >= 0.3 is 0 Å². The van der Waals surface area contributed by atoms with Gasteiger partial charge in [0.25, 0.3) is 0 Å². The first kappa shape index (κ1) is 18.5. The molecule has 1 atom stereocenters. The van der Waals surface area contributed by atoms with Gasteiger partial charge in [0.1, 0.15) is 6.04 Å². The summed E-state index contributed by atoms with van der Waals surface area (Å²) in [6, 6.07) is 8.65. The van der Waals surface area contributed by atoms with E-state index in [0.29, 0.717) is 25.1 Å². The first-order chi connectivity index (χ1) is 11.4. The summed E-state index contributed by atoms with van der Waals surface area (Å²) in [6.45, 7) is 4.23. The maximum absolute atomic E-state index is 12.7. The molecule has 1 fully saturated rings. The minimum Gasteiger partial charge on any atom is -0.389 e. The van der Waals surface area contributed by atoms with Crippen molar-refractivity contribution < 1.29 is 14.7 Å². The highest BCUT2D eigenvalue weighted by Gasteiger charge is 2.36. The Morgan fingerprint density at radius 1 is 1.25 bits per heavy atom. The monoisotopic (exact) mass is 332 g/mol. The van der Waals surface area contributed by atoms with Crippen LogP contribution in [0.3, 0.4) is 0 Å². The number of nitrogens with one attached hydrogen (secondary N) is 1. The normalized spacial score (nSPS) is 17.3. The first-order valence-electron chi connectivity index (χ1n) is 8.83. The number of carbonyl (C=O) groups is 2. The standard InChI is InChI=1S/C19H28N2O3/c1-3-13-21(17(22)14-19(24)11-7-8-12-19)15(2)18(23)20-16-9-5-4-6-10-16/h4-6,9-10,15,24H,3,7-8,11-14H2,1-2H3,(H,20,23). The molecule has 0 bridgehead atoms. The van der Waals surface area contributed by atoms with Gasteiger partial charge in [0.2, 0.25) is 11.8 Å². The number of anilines is 1. The summed E-state index contributed by atoms with van der Waals surface area (Å²) >= 11 is 0. The molecule has 0 spiro atoms. The number of amides is 2. The number of carbonyl (C=O) groups excluding carboxylic acids is 2. The van der Waals surface area contributed by atoms with Crippen molar-refractivity contribution in [3.63, 3.8) is 0 Å². The van der Waals surface area contributed by atoms with E-state index in [9.17, 15) is 14.7 Å². The van der Waals surface area contributed by atoms with Crippen molar-refractivity contribution in [1.82, 2.24) is 4.90 Å². The molecule has 2 rings (SSSR count). The van der Waals surface area contributed by atoms with Crippen LogP contribution in [0.25, 0.3) is 0 Å². The third-order valence-electron chi connectivity index (χ3n) is 4.69. The van der Waals surface area contributed by atoms with Crippen LogP contribution < -0.4 is 5.32 Å². The number of benzene rings is 1. The van der Waals surface area contributed by atoms with Crippen LogP contribution in [-0.4, -0.2) is 40.0 Å². The van der Waals surface area contributed by atoms with Crippen molar-refractivity contribution in [2.24, 2.45) is 0 Å². The summed E-state index contributed by atoms with van der Waals surface area (Å²) < 4.78 is 0. The lowest BCUT2D eigenvalue weighted by Crippen LogP contribution is -2.48. The molecule has 2 amide bonds. The van der Waals surface area contributed by atoms with Crippen LogP contribution in [0.5, 0.6) is 0 Å². The molecule has 132 valence electrons. The Morgan fingerprint density at radius 2 is 1.88 bits per heavy atom. The SMILES string of the molecule is CCCN(C(=O)CC1(O)CCCC1)C(C)C(=O)Nc1ccccc1. The molecule has 1 aliphatic rings. The minimum absolute atomic E-state index is 0.107. The predicted octanol–water partition coefficient (Wildman–Crippen LogP) is 2.95. The van der Waals surface area contributed by atoms with Gasteiger partial charge in [0.05, 0.1) is 12.0 Å². The summed E-state index contributed by atoms with van der Waals surface area (Å²) in [7, 11) is 0. The smallest absolute Gasteiger partial charge is 0.246 e. The van der Waals surface area contributed by atoms with E-state index in [1.165, 1.54) is 0 Å². The van der Waals surface area contributed by atoms with Crippen LogP contribution in [0.15, 0.2) is 30.3 Å². The van der Waals surface area contributed by atoms with E-state index in [2.05, 4.69) is 5.32 Å². The Kier molecular flexibility index (Phi) is 6.37. The number of nitrogens with zero attached hydrogens (tertiary/aromatic N) is 1. The molecule has 0 saturated heterocycles. The average Bonchev–Trinajstić information content (AvgIpc) is 2.98. The third-order valence-corrected chi connectivity index (χ3v) is 4.69. The second-order valence-corrected chi connectivity index (χ2v) is 6.73. The second-order valence-electron chi connectivity index (χ2n) is 6.73. The zero-order valence-corrected chi connectivity index (χ0v) is 14.6. The van der Waals surface area contributed by atoms with Crippen LogP contribution in [0.4, 0.5) is 5.69 Å². The van der Waals surface area contributed by atoms with E-state index in [0.717, 1.165) is 19.3 Å². The molecule has 1 aromatic carbocycles. The molecular formula is C19H28N2O3. The summed E-state index contributed by atoms with van der Waals surface area (Å²) in [6.07, 6.45) is 4.14. The van der Waals surface area contributed by atoms with Crippen molar-refractivity contribution in [2.45, 2.75) is 64.0 Å². The van der Waals surface area contributed by atoms with Crippen molar-refractivity contribution in [3.05, 3.63) is 30.3 Å². The van der Waals surface area contributed by atoms with Crippen molar-refractivity contribution >= 4 is 17.5 Å². The minimum atomic E-state index is -0.890. The maximum Gasteiger partial charge on any atom is 0.246 e. The number of hydrogen-bond acceptors (Lipinski definition) is 3. The summed E-state index contributed by atoms with van der Waals surface area (Å²) in [4.78, 5) is 26.8. The van der Waals surface area contributed by atoms with Crippen LogP contribution in [0.2, 0.25) is 0 Å². The molecule has 0 radical (unpaired) electrons. The molecule has 1 aromatic rings. The quantitative estimate of drug-likeness (QED) is 0.806. The van der Waals surface area contributed by atoms with Crippen molar-refractivity contribution in [2.75, 3.05) is 11.9 Å². The van der Waals surface area contributed by atoms with Gasteiger partial charge in [-0.15, -0.1) is 0 Å². The summed E-state index contributed by atoms with van der Waals surface area (Å²) in [5, 5.41) is 13.3. The maximum atomic E-state index is 12.7. The fraction of sp³-hybridized carbons (Fsp3) is 0.579. The average molecular weight is 332 g/mol. The Morgan fingerprint density at radius 3 is 2.46 bits per heavy atom. The van der Waals surface area contributed by atoms with Crippen LogP contribution >= 0.6 is 0 Å². The Bertz CT molecular complexity index is 553. The largest absolute Gasteiger partial charge is 0.389 e. The van der Waals surface area contributed by atoms with Gasteiger partial charge in [-0.05, 0) is 38.3 Å². The highest BCUT2D eigenvalue weighted by molar-refractivity contribution is 5.97. The molecule has 0 aliphatic heterocycles. The van der Waals surface area contributed by atoms with Crippen molar-refractivity contribution in [1.29, 1.82) is 0 Å². The zero-order chi connectivity index (χ0) is 17.6. The molecule has 1 saturated carbocycles. The van der Waals surface area contributed by atoms with E-state index in [1.807, 2.05) is 37.3 Å². The summed E-state index contributed by atoms with van der Waals surface area (Å²) in [5.41, 5.74) is -0.175. The van der Waals surface area contributed by atoms with Gasteiger partial charge < -0.3 is 15.3 Å². The highest BCUT2D eigenvalue weighted by Crippen LogP contribution is 2.33. The van der Waals surface area contributed by atoms with Gasteiger partial charge in [-0.25, -0.2) is 0 Å². The van der Waals surface area contributed by atoms with Gasteiger partial charge in [-0.3, -0.25) is 9.59 Å². The highest BCUT2D eigenvalue weighted by atomic mass is 16.3. The van der Waals surface area contributed by atoms with Crippen molar-refractivity contribution in [3.8, 4) is 0 Å². The third kappa shape index (κ3) is 4.81. The van der Waals surface area contributed by atoms with E-state index >= 15 is 0 Å². The van der Waals surface area contributed by atoms with Gasteiger partial charge in [-0.2, -0.15) is 0 Å². The molecular weight excluding hydrogens is 304 g/mol. The molecule has 5 heteroatoms. The molecule has 1 unspecified atom stereocenters. The molecule has 0 aromatic heterocycles. The van der Waals surface area contributed by atoms with E-state index in [1.54, 1.807) is 11.8 Å². The van der Waals surface area contributed by atoms with E-state index < -0.39 is 11.6 Å². The summed E-state index contributed by atoms with van der Waals surface area (Å²) in [5.74, 6) is -0.349. The van der Waals surface area contributed by atoms with Gasteiger partial charge in [-0.1, -0.05) is 38.0 Å². The molecule has 0 heterocycles.